The molecular weight excluding hydrogens is 455 g/mol. The second kappa shape index (κ2) is 9.22. The number of halogens is 1. The third-order valence-electron chi connectivity index (χ3n) is 7.71. The van der Waals surface area contributed by atoms with Crippen molar-refractivity contribution in [2.45, 2.75) is 18.4 Å². The molecule has 0 unspecified atom stereocenters. The van der Waals surface area contributed by atoms with Crippen LogP contribution in [0.3, 0.4) is 0 Å². The van der Waals surface area contributed by atoms with E-state index in [4.69, 9.17) is 9.72 Å². The van der Waals surface area contributed by atoms with Gasteiger partial charge in [-0.1, -0.05) is 48.5 Å². The molecule has 2 aromatic carbocycles. The number of nitrogens with one attached hydrogen (secondary N) is 1. The number of ether oxygens (including phenoxy) is 1. The highest BCUT2D eigenvalue weighted by molar-refractivity contribution is 5.76. The predicted molar refractivity (Wildman–Crippen MR) is 136 cm³/mol. The summed E-state index contributed by atoms with van der Waals surface area (Å²) in [5.74, 6) is 1.15. The van der Waals surface area contributed by atoms with Crippen LogP contribution in [0.2, 0.25) is 0 Å². The number of pyridine rings is 2. The van der Waals surface area contributed by atoms with Crippen molar-refractivity contribution in [3.05, 3.63) is 102 Å². The first-order valence-electron chi connectivity index (χ1n) is 12.3. The molecule has 3 heterocycles. The Morgan fingerprint density at radius 3 is 2.69 bits per heavy atom. The lowest BCUT2D eigenvalue weighted by molar-refractivity contribution is 0.138. The van der Waals surface area contributed by atoms with Crippen LogP contribution < -0.4 is 10.2 Å². The van der Waals surface area contributed by atoms with Crippen LogP contribution in [0.4, 0.5) is 15.0 Å². The molecule has 0 spiro atoms. The van der Waals surface area contributed by atoms with Gasteiger partial charge in [0, 0.05) is 31.2 Å². The number of carbonyl (C=O) groups is 1. The molecule has 0 radical (unpaired) electrons. The average molecular weight is 483 g/mol. The van der Waals surface area contributed by atoms with Crippen LogP contribution in [0, 0.1) is 17.7 Å². The van der Waals surface area contributed by atoms with E-state index in [-0.39, 0.29) is 24.3 Å². The minimum atomic E-state index is -0.487. The molecule has 1 N–H and O–H groups in total. The maximum Gasteiger partial charge on any atom is 0.407 e. The van der Waals surface area contributed by atoms with Gasteiger partial charge in [-0.15, -0.1) is 0 Å². The van der Waals surface area contributed by atoms with E-state index < -0.39 is 11.5 Å². The van der Waals surface area contributed by atoms with E-state index in [1.807, 2.05) is 66.7 Å². The number of piperidine rings is 1. The number of benzene rings is 2. The van der Waals surface area contributed by atoms with Gasteiger partial charge in [0.2, 0.25) is 0 Å². The molecule has 2 aromatic heterocycles. The van der Waals surface area contributed by atoms with E-state index in [0.717, 1.165) is 41.9 Å². The third-order valence-corrected chi connectivity index (χ3v) is 7.71. The van der Waals surface area contributed by atoms with Gasteiger partial charge in [-0.05, 0) is 59.7 Å². The molecule has 4 aromatic rings. The number of fused-ring (bicyclic) bond motifs is 2. The van der Waals surface area contributed by atoms with Gasteiger partial charge in [-0.25, -0.2) is 14.2 Å². The number of anilines is 1. The van der Waals surface area contributed by atoms with E-state index >= 15 is 4.39 Å². The molecule has 0 bridgehead atoms. The molecule has 6 rings (SSSR count). The van der Waals surface area contributed by atoms with Crippen molar-refractivity contribution in [1.29, 1.82) is 0 Å². The Bertz CT molecular complexity index is 1400. The molecular formula is C29H27FN4O2. The van der Waals surface area contributed by atoms with Gasteiger partial charge in [0.25, 0.3) is 0 Å². The molecule has 1 amide bonds. The SMILES string of the molecule is O=C(NC[C@]1(c2ccccc2F)[C@@H]2CN(c3ccc4ncccc4n3)CC[C@@H]21)OCc1ccccc1. The Balaban J connectivity index is 1.20. The summed E-state index contributed by atoms with van der Waals surface area (Å²) in [5, 5.41) is 2.95. The maximum absolute atomic E-state index is 15.1. The number of alkyl carbamates (subject to hydrolysis) is 1. The van der Waals surface area contributed by atoms with E-state index in [2.05, 4.69) is 15.2 Å². The first-order chi connectivity index (χ1) is 17.6. The van der Waals surface area contributed by atoms with Crippen molar-refractivity contribution < 1.29 is 13.9 Å². The molecule has 36 heavy (non-hydrogen) atoms. The van der Waals surface area contributed by atoms with Crippen molar-refractivity contribution in [2.75, 3.05) is 24.5 Å². The summed E-state index contributed by atoms with van der Waals surface area (Å²) in [5.41, 5.74) is 2.84. The van der Waals surface area contributed by atoms with Crippen LogP contribution in [0.15, 0.2) is 85.1 Å². The van der Waals surface area contributed by atoms with E-state index in [9.17, 15) is 4.79 Å². The quantitative estimate of drug-likeness (QED) is 0.415. The van der Waals surface area contributed by atoms with Crippen molar-refractivity contribution >= 4 is 22.9 Å². The first kappa shape index (κ1) is 22.5. The van der Waals surface area contributed by atoms with Crippen LogP contribution in [0.5, 0.6) is 0 Å². The fraction of sp³-hybridized carbons (Fsp3) is 0.276. The predicted octanol–water partition coefficient (Wildman–Crippen LogP) is 5.09. The number of amides is 1. The van der Waals surface area contributed by atoms with Gasteiger partial charge in [-0.2, -0.15) is 0 Å². The zero-order valence-electron chi connectivity index (χ0n) is 19.8. The molecule has 1 aliphatic heterocycles. The minimum absolute atomic E-state index is 0.197. The van der Waals surface area contributed by atoms with Crippen molar-refractivity contribution in [1.82, 2.24) is 15.3 Å². The lowest BCUT2D eigenvalue weighted by Crippen LogP contribution is -2.36. The third kappa shape index (κ3) is 4.04. The zero-order valence-corrected chi connectivity index (χ0v) is 19.8. The second-order valence-corrected chi connectivity index (χ2v) is 9.59. The smallest absolute Gasteiger partial charge is 0.407 e. The van der Waals surface area contributed by atoms with E-state index in [1.165, 1.54) is 6.07 Å². The Labute approximate surface area is 209 Å². The molecule has 2 aliphatic rings. The summed E-state index contributed by atoms with van der Waals surface area (Å²) < 4.78 is 20.5. The number of aromatic nitrogens is 2. The minimum Gasteiger partial charge on any atom is -0.445 e. The van der Waals surface area contributed by atoms with Crippen LogP contribution >= 0.6 is 0 Å². The Hall–Kier alpha value is -4.00. The number of hydrogen-bond acceptors (Lipinski definition) is 5. The molecule has 182 valence electrons. The molecule has 6 nitrogen and oxygen atoms in total. The van der Waals surface area contributed by atoms with Gasteiger partial charge >= 0.3 is 6.09 Å². The van der Waals surface area contributed by atoms with Gasteiger partial charge in [0.1, 0.15) is 18.2 Å². The molecule has 1 saturated heterocycles. The van der Waals surface area contributed by atoms with Crippen molar-refractivity contribution in [3.8, 4) is 0 Å². The Morgan fingerprint density at radius 2 is 1.83 bits per heavy atom. The topological polar surface area (TPSA) is 67.4 Å². The van der Waals surface area contributed by atoms with Crippen LogP contribution in [0.1, 0.15) is 17.5 Å². The largest absolute Gasteiger partial charge is 0.445 e. The van der Waals surface area contributed by atoms with Crippen molar-refractivity contribution in [3.63, 3.8) is 0 Å². The van der Waals surface area contributed by atoms with Gasteiger partial charge in [0.15, 0.2) is 0 Å². The summed E-state index contributed by atoms with van der Waals surface area (Å²) in [6.45, 7) is 2.11. The van der Waals surface area contributed by atoms with Crippen LogP contribution in [-0.2, 0) is 16.8 Å². The first-order valence-corrected chi connectivity index (χ1v) is 12.3. The summed E-state index contributed by atoms with van der Waals surface area (Å²) in [7, 11) is 0. The molecule has 2 fully saturated rings. The Kier molecular flexibility index (Phi) is 5.76. The lowest BCUT2D eigenvalue weighted by atomic mass is 9.90. The number of nitrogens with zero attached hydrogens (tertiary/aromatic N) is 3. The Morgan fingerprint density at radius 1 is 1.00 bits per heavy atom. The van der Waals surface area contributed by atoms with Crippen molar-refractivity contribution in [2.24, 2.45) is 11.8 Å². The summed E-state index contributed by atoms with van der Waals surface area (Å²) in [4.78, 5) is 24.0. The average Bonchev–Trinajstić information content (AvgIpc) is 3.58. The van der Waals surface area contributed by atoms with E-state index in [0.29, 0.717) is 12.1 Å². The van der Waals surface area contributed by atoms with Gasteiger partial charge < -0.3 is 15.0 Å². The zero-order chi connectivity index (χ0) is 24.5. The highest BCUT2D eigenvalue weighted by atomic mass is 19.1. The summed E-state index contributed by atoms with van der Waals surface area (Å²) in [6.07, 6.45) is 2.17. The second-order valence-electron chi connectivity index (χ2n) is 9.59. The van der Waals surface area contributed by atoms with Gasteiger partial charge in [0.05, 0.1) is 11.0 Å². The summed E-state index contributed by atoms with van der Waals surface area (Å²) >= 11 is 0. The molecule has 1 aliphatic carbocycles. The fourth-order valence-electron chi connectivity index (χ4n) is 5.90. The summed E-state index contributed by atoms with van der Waals surface area (Å²) in [6, 6.07) is 24.3. The molecule has 3 atom stereocenters. The molecule has 1 saturated carbocycles. The van der Waals surface area contributed by atoms with Gasteiger partial charge in [-0.3, -0.25) is 4.98 Å². The van der Waals surface area contributed by atoms with Crippen LogP contribution in [0.25, 0.3) is 11.0 Å². The molecule has 7 heteroatoms. The number of rotatable bonds is 6. The monoisotopic (exact) mass is 482 g/mol. The fourth-order valence-corrected chi connectivity index (χ4v) is 5.90. The lowest BCUT2D eigenvalue weighted by Gasteiger charge is -2.27. The highest BCUT2D eigenvalue weighted by Gasteiger charge is 2.67. The maximum atomic E-state index is 15.1. The van der Waals surface area contributed by atoms with E-state index in [1.54, 1.807) is 12.3 Å². The van der Waals surface area contributed by atoms with Crippen LogP contribution in [-0.4, -0.2) is 35.7 Å². The standard InChI is InChI=1S/C29H27FN4O2/c30-24-10-5-4-9-22(24)29(19-32-28(35)36-18-20-7-2-1-3-8-20)21-14-16-34(17-23(21)29)27-13-12-25-26(33-27)11-6-15-31-25/h1-13,15,21,23H,14,16-19H2,(H,32,35)/t21-,23+,29-/m0/s1. The number of carbonyl (C=O) groups excluding carboxylic acids is 1. The normalized spacial score (nSPS) is 22.6. The highest BCUT2D eigenvalue weighted by Crippen LogP contribution is 2.63. The number of hydrogen-bond donors (Lipinski definition) is 1.